The molecule has 2 heterocycles. The lowest BCUT2D eigenvalue weighted by molar-refractivity contribution is -0.140. The summed E-state index contributed by atoms with van der Waals surface area (Å²) in [5.41, 5.74) is 3.08. The van der Waals surface area contributed by atoms with Crippen LogP contribution in [0, 0.1) is 5.92 Å². The average Bonchev–Trinajstić information content (AvgIpc) is 3.49. The Balaban J connectivity index is 1.35. The Bertz CT molecular complexity index is 749. The molecule has 6 nitrogen and oxygen atoms in total. The predicted octanol–water partition coefficient (Wildman–Crippen LogP) is 1.22. The molecule has 4 rings (SSSR count). The Labute approximate surface area is 153 Å². The van der Waals surface area contributed by atoms with Crippen LogP contribution in [0.2, 0.25) is 0 Å². The van der Waals surface area contributed by atoms with Crippen molar-refractivity contribution in [2.75, 3.05) is 38.1 Å². The molecule has 0 aromatic heterocycles. The monoisotopic (exact) mass is 355 g/mol. The molecule has 0 unspecified atom stereocenters. The Kier molecular flexibility index (Phi) is 4.42. The van der Waals surface area contributed by atoms with Gasteiger partial charge in [0.05, 0.1) is 6.42 Å². The molecule has 2 fully saturated rings. The fraction of sp³-hybridized carbons (Fsp3) is 0.550. The zero-order chi connectivity index (χ0) is 18.3. The van der Waals surface area contributed by atoms with Crippen LogP contribution in [0.4, 0.5) is 5.69 Å². The second-order valence-corrected chi connectivity index (χ2v) is 7.57. The average molecular weight is 355 g/mol. The second-order valence-electron chi connectivity index (χ2n) is 7.57. The maximum Gasteiger partial charge on any atom is 0.227 e. The number of carbonyl (C=O) groups is 3. The summed E-state index contributed by atoms with van der Waals surface area (Å²) in [7, 11) is 1.80. The lowest BCUT2D eigenvalue weighted by atomic mass is 9.98. The number of fused-ring (bicyclic) bond motifs is 1. The molecule has 0 radical (unpaired) electrons. The Morgan fingerprint density at radius 1 is 1.04 bits per heavy atom. The summed E-state index contributed by atoms with van der Waals surface area (Å²) in [6, 6.07) is 5.95. The van der Waals surface area contributed by atoms with Gasteiger partial charge in [0.1, 0.15) is 0 Å². The third-order valence-electron chi connectivity index (χ3n) is 5.71. The van der Waals surface area contributed by atoms with E-state index in [1.807, 2.05) is 21.9 Å². The van der Waals surface area contributed by atoms with Gasteiger partial charge in [-0.25, -0.2) is 0 Å². The summed E-state index contributed by atoms with van der Waals surface area (Å²) < 4.78 is 0. The van der Waals surface area contributed by atoms with Crippen molar-refractivity contribution in [3.63, 3.8) is 0 Å². The van der Waals surface area contributed by atoms with Gasteiger partial charge in [0.15, 0.2) is 0 Å². The van der Waals surface area contributed by atoms with Crippen molar-refractivity contribution in [3.05, 3.63) is 29.3 Å². The summed E-state index contributed by atoms with van der Waals surface area (Å²) in [5.74, 6) is 0.770. The topological polar surface area (TPSA) is 60.9 Å². The lowest BCUT2D eigenvalue weighted by Gasteiger charge is -2.35. The van der Waals surface area contributed by atoms with E-state index in [4.69, 9.17) is 0 Å². The van der Waals surface area contributed by atoms with E-state index in [0.29, 0.717) is 39.0 Å². The van der Waals surface area contributed by atoms with E-state index in [1.165, 1.54) is 0 Å². The number of aryl methyl sites for hydroxylation is 1. The molecule has 1 saturated heterocycles. The van der Waals surface area contributed by atoms with Crippen molar-refractivity contribution < 1.29 is 14.4 Å². The molecule has 1 aromatic rings. The molecule has 3 aliphatic rings. The summed E-state index contributed by atoms with van der Waals surface area (Å²) in [6.45, 7) is 2.55. The molecule has 6 heteroatoms. The van der Waals surface area contributed by atoms with E-state index < -0.39 is 0 Å². The molecule has 0 spiro atoms. The number of piperazine rings is 1. The van der Waals surface area contributed by atoms with Gasteiger partial charge in [-0.1, -0.05) is 12.1 Å². The van der Waals surface area contributed by atoms with E-state index in [-0.39, 0.29) is 23.6 Å². The number of amides is 3. The van der Waals surface area contributed by atoms with Crippen molar-refractivity contribution in [3.8, 4) is 0 Å². The zero-order valence-corrected chi connectivity index (χ0v) is 15.2. The minimum absolute atomic E-state index is 0.115. The van der Waals surface area contributed by atoms with Gasteiger partial charge >= 0.3 is 0 Å². The van der Waals surface area contributed by atoms with E-state index in [0.717, 1.165) is 36.1 Å². The van der Waals surface area contributed by atoms with Crippen LogP contribution in [-0.2, 0) is 27.2 Å². The SMILES string of the molecule is CN1C(=O)CCc2cc(CC(=O)N3CCN(C(=O)C4CC4)CC3)ccc21. The Hall–Kier alpha value is -2.37. The Morgan fingerprint density at radius 2 is 1.73 bits per heavy atom. The van der Waals surface area contributed by atoms with Gasteiger partial charge in [-0.3, -0.25) is 14.4 Å². The summed E-state index contributed by atoms with van der Waals surface area (Å²) in [4.78, 5) is 42.0. The molecule has 26 heavy (non-hydrogen) atoms. The molecule has 138 valence electrons. The standard InChI is InChI=1S/C20H25N3O3/c1-21-17-6-2-14(12-16(17)5-7-18(21)24)13-19(25)22-8-10-23(11-9-22)20(26)15-3-4-15/h2,6,12,15H,3-5,7-11,13H2,1H3. The number of hydrogen-bond donors (Lipinski definition) is 0. The molecule has 0 atom stereocenters. The molecule has 0 bridgehead atoms. The van der Waals surface area contributed by atoms with Gasteiger partial charge in [-0.2, -0.15) is 0 Å². The van der Waals surface area contributed by atoms with E-state index in [2.05, 4.69) is 6.07 Å². The summed E-state index contributed by atoms with van der Waals surface area (Å²) in [6.07, 6.45) is 3.69. The van der Waals surface area contributed by atoms with Crippen LogP contribution in [-0.4, -0.2) is 60.7 Å². The molecular weight excluding hydrogens is 330 g/mol. The summed E-state index contributed by atoms with van der Waals surface area (Å²) in [5, 5.41) is 0. The maximum absolute atomic E-state index is 12.6. The van der Waals surface area contributed by atoms with E-state index in [1.54, 1.807) is 11.9 Å². The molecule has 2 aliphatic heterocycles. The number of hydrogen-bond acceptors (Lipinski definition) is 3. The van der Waals surface area contributed by atoms with Crippen LogP contribution in [0.5, 0.6) is 0 Å². The first-order valence-electron chi connectivity index (χ1n) is 9.48. The van der Waals surface area contributed by atoms with Crippen molar-refractivity contribution in [1.29, 1.82) is 0 Å². The van der Waals surface area contributed by atoms with Crippen LogP contribution in [0.1, 0.15) is 30.4 Å². The van der Waals surface area contributed by atoms with Crippen molar-refractivity contribution in [1.82, 2.24) is 9.80 Å². The highest BCUT2D eigenvalue weighted by Crippen LogP contribution is 2.31. The minimum Gasteiger partial charge on any atom is -0.339 e. The largest absolute Gasteiger partial charge is 0.339 e. The normalized spacial score (nSPS) is 20.2. The molecular formula is C20H25N3O3. The first-order chi connectivity index (χ1) is 12.5. The minimum atomic E-state index is 0.115. The smallest absolute Gasteiger partial charge is 0.227 e. The zero-order valence-electron chi connectivity index (χ0n) is 15.2. The Morgan fingerprint density at radius 3 is 2.42 bits per heavy atom. The third-order valence-corrected chi connectivity index (χ3v) is 5.71. The van der Waals surface area contributed by atoms with Crippen molar-refractivity contribution >= 4 is 23.4 Å². The number of carbonyl (C=O) groups excluding carboxylic acids is 3. The van der Waals surface area contributed by atoms with Gasteiger partial charge in [0, 0.05) is 51.3 Å². The van der Waals surface area contributed by atoms with Gasteiger partial charge in [0.25, 0.3) is 0 Å². The molecule has 3 amide bonds. The highest BCUT2D eigenvalue weighted by Gasteiger charge is 2.35. The fourth-order valence-electron chi connectivity index (χ4n) is 3.87. The van der Waals surface area contributed by atoms with Crippen LogP contribution in [0.25, 0.3) is 0 Å². The van der Waals surface area contributed by atoms with Crippen molar-refractivity contribution in [2.45, 2.75) is 32.1 Å². The molecule has 0 N–H and O–H groups in total. The number of benzene rings is 1. The van der Waals surface area contributed by atoms with Crippen LogP contribution in [0.3, 0.4) is 0 Å². The van der Waals surface area contributed by atoms with E-state index >= 15 is 0 Å². The molecule has 1 aromatic carbocycles. The van der Waals surface area contributed by atoms with Crippen LogP contribution >= 0.6 is 0 Å². The molecule has 1 saturated carbocycles. The number of rotatable bonds is 3. The first kappa shape index (κ1) is 17.1. The number of anilines is 1. The van der Waals surface area contributed by atoms with Gasteiger partial charge in [-0.15, -0.1) is 0 Å². The highest BCUT2D eigenvalue weighted by molar-refractivity contribution is 5.96. The quantitative estimate of drug-likeness (QED) is 0.819. The van der Waals surface area contributed by atoms with Gasteiger partial charge < -0.3 is 14.7 Å². The van der Waals surface area contributed by atoms with Crippen LogP contribution < -0.4 is 4.90 Å². The fourth-order valence-corrected chi connectivity index (χ4v) is 3.87. The second kappa shape index (κ2) is 6.74. The van der Waals surface area contributed by atoms with Gasteiger partial charge in [-0.05, 0) is 36.5 Å². The van der Waals surface area contributed by atoms with Crippen LogP contribution in [0.15, 0.2) is 18.2 Å². The highest BCUT2D eigenvalue weighted by atomic mass is 16.2. The summed E-state index contributed by atoms with van der Waals surface area (Å²) >= 11 is 0. The van der Waals surface area contributed by atoms with E-state index in [9.17, 15) is 14.4 Å². The third kappa shape index (κ3) is 3.32. The first-order valence-corrected chi connectivity index (χ1v) is 9.48. The lowest BCUT2D eigenvalue weighted by Crippen LogP contribution is -2.51. The predicted molar refractivity (Wildman–Crippen MR) is 97.8 cm³/mol. The number of nitrogens with zero attached hydrogens (tertiary/aromatic N) is 3. The molecule has 1 aliphatic carbocycles. The van der Waals surface area contributed by atoms with Gasteiger partial charge in [0.2, 0.25) is 17.7 Å². The van der Waals surface area contributed by atoms with Crippen molar-refractivity contribution in [2.24, 2.45) is 5.92 Å². The maximum atomic E-state index is 12.6.